The molecule has 0 aliphatic heterocycles. The van der Waals surface area contributed by atoms with Crippen molar-refractivity contribution in [3.63, 3.8) is 0 Å². The van der Waals surface area contributed by atoms with Crippen molar-refractivity contribution in [1.82, 2.24) is 0 Å². The minimum Gasteiger partial charge on any atom is -0.494 e. The van der Waals surface area contributed by atoms with Crippen LogP contribution in [0.25, 0.3) is 33.4 Å². The lowest BCUT2D eigenvalue weighted by atomic mass is 9.96. The minimum atomic E-state index is -3.61. The van der Waals surface area contributed by atoms with Crippen molar-refractivity contribution in [1.29, 1.82) is 5.26 Å². The van der Waals surface area contributed by atoms with Gasteiger partial charge in [-0.05, 0) is 89.3 Å². The van der Waals surface area contributed by atoms with E-state index in [9.17, 15) is 22.0 Å². The Morgan fingerprint density at radius 1 is 0.622 bits per heavy atom. The van der Waals surface area contributed by atoms with Gasteiger partial charge in [0.25, 0.3) is 0 Å². The van der Waals surface area contributed by atoms with Gasteiger partial charge in [-0.1, -0.05) is 49.7 Å². The van der Waals surface area contributed by atoms with Gasteiger partial charge in [-0.25, -0.2) is 17.6 Å². The predicted molar refractivity (Wildman–Crippen MR) is 159 cm³/mol. The topological polar surface area (TPSA) is 42.2 Å². The zero-order valence-corrected chi connectivity index (χ0v) is 23.9. The molecule has 0 fully saturated rings. The smallest absolute Gasteiger partial charge is 0.426 e. The van der Waals surface area contributed by atoms with Crippen LogP contribution in [0.5, 0.6) is 11.5 Å². The van der Waals surface area contributed by atoms with E-state index < -0.39 is 34.9 Å². The number of ether oxygens (including phenoxy) is 2. The van der Waals surface area contributed by atoms with Crippen LogP contribution in [-0.4, -0.2) is 6.61 Å². The summed E-state index contributed by atoms with van der Waals surface area (Å²) in [7, 11) is 0. The number of unbranched alkanes of at least 4 members (excludes halogenated alkanes) is 1. The second-order valence-electron chi connectivity index (χ2n) is 10.2. The molecule has 0 saturated carbocycles. The van der Waals surface area contributed by atoms with Gasteiger partial charge < -0.3 is 9.47 Å². The Morgan fingerprint density at radius 3 is 1.71 bits per heavy atom. The third-order valence-electron chi connectivity index (χ3n) is 7.10. The van der Waals surface area contributed by atoms with Gasteiger partial charge in [-0.15, -0.1) is 0 Å². The Kier molecular flexibility index (Phi) is 9.14. The fraction of sp³-hybridized carbons (Fsp3) is 0.139. The number of alkyl halides is 2. The van der Waals surface area contributed by atoms with Gasteiger partial charge in [0.1, 0.15) is 46.4 Å². The summed E-state index contributed by atoms with van der Waals surface area (Å²) in [5, 5.41) is 8.84. The molecule has 0 bridgehead atoms. The van der Waals surface area contributed by atoms with Gasteiger partial charge in [0.2, 0.25) is 0 Å². The summed E-state index contributed by atoms with van der Waals surface area (Å²) < 4.78 is 98.3. The molecule has 0 aromatic heterocycles. The van der Waals surface area contributed by atoms with Crippen LogP contribution >= 0.6 is 0 Å². The highest BCUT2D eigenvalue weighted by atomic mass is 19.3. The first-order chi connectivity index (χ1) is 21.6. The molecule has 0 radical (unpaired) electrons. The third-order valence-corrected chi connectivity index (χ3v) is 7.10. The highest BCUT2D eigenvalue weighted by molar-refractivity contribution is 5.74. The fourth-order valence-corrected chi connectivity index (χ4v) is 4.68. The van der Waals surface area contributed by atoms with E-state index in [4.69, 9.17) is 14.7 Å². The maximum atomic E-state index is 15.2. The Bertz CT molecular complexity index is 1840. The minimum absolute atomic E-state index is 0.0720. The molecule has 0 aliphatic rings. The van der Waals surface area contributed by atoms with Crippen LogP contribution in [0.4, 0.5) is 26.3 Å². The normalized spacial score (nSPS) is 11.2. The SMILES string of the molecule is CCCCOc1ccc(C(F)(F)Oc2ccc(-c3ccc(-c4ccc(-c5cc(F)c(C#N)c(F)c5)c(F)c4)c(F)c3)cc2)cc1. The van der Waals surface area contributed by atoms with Crippen molar-refractivity contribution >= 4 is 0 Å². The van der Waals surface area contributed by atoms with Crippen LogP contribution in [0, 0.1) is 34.6 Å². The second-order valence-corrected chi connectivity index (χ2v) is 10.2. The van der Waals surface area contributed by atoms with Crippen molar-refractivity contribution in [3.8, 4) is 50.9 Å². The van der Waals surface area contributed by atoms with E-state index in [0.29, 0.717) is 23.5 Å². The molecular weight excluding hydrogens is 592 g/mol. The summed E-state index contributed by atoms with van der Waals surface area (Å²) in [5.41, 5.74) is -0.131. The van der Waals surface area contributed by atoms with Gasteiger partial charge in [0.05, 0.1) is 12.2 Å². The third kappa shape index (κ3) is 6.96. The van der Waals surface area contributed by atoms with Crippen LogP contribution in [0.3, 0.4) is 0 Å². The maximum absolute atomic E-state index is 15.2. The molecule has 0 atom stereocenters. The van der Waals surface area contributed by atoms with Crippen molar-refractivity contribution in [2.24, 2.45) is 0 Å². The Balaban J connectivity index is 1.29. The van der Waals surface area contributed by atoms with E-state index in [1.165, 1.54) is 78.9 Å². The predicted octanol–water partition coefficient (Wildman–Crippen LogP) is 10.4. The van der Waals surface area contributed by atoms with Gasteiger partial charge in [-0.2, -0.15) is 14.0 Å². The standard InChI is InChI=1S/C36H25F6NO2/c1-2-3-16-44-27-12-8-26(9-13-27)36(41,42)45-28-10-4-22(5-11-28)23-6-14-29(32(37)17-23)24-7-15-30(33(38)18-24)25-19-34(39)31(21-43)35(40)20-25/h4-15,17-20H,2-3,16H2,1H3. The number of benzene rings is 5. The van der Waals surface area contributed by atoms with E-state index in [2.05, 4.69) is 0 Å². The molecule has 0 unspecified atom stereocenters. The fourth-order valence-electron chi connectivity index (χ4n) is 4.68. The van der Waals surface area contributed by atoms with E-state index in [1.54, 1.807) is 6.07 Å². The molecule has 228 valence electrons. The molecule has 5 rings (SSSR count). The first-order valence-electron chi connectivity index (χ1n) is 14.0. The van der Waals surface area contributed by atoms with Crippen LogP contribution in [0.1, 0.15) is 30.9 Å². The number of rotatable bonds is 10. The van der Waals surface area contributed by atoms with Gasteiger partial charge in [0.15, 0.2) is 0 Å². The van der Waals surface area contributed by atoms with E-state index in [1.807, 2.05) is 6.92 Å². The Hall–Kier alpha value is -5.23. The van der Waals surface area contributed by atoms with Crippen LogP contribution in [-0.2, 0) is 6.11 Å². The van der Waals surface area contributed by atoms with E-state index >= 15 is 4.39 Å². The van der Waals surface area contributed by atoms with Crippen molar-refractivity contribution < 1.29 is 35.8 Å². The average molecular weight is 618 g/mol. The number of nitriles is 1. The van der Waals surface area contributed by atoms with Crippen LogP contribution in [0.15, 0.2) is 97.1 Å². The second kappa shape index (κ2) is 13.2. The molecule has 0 spiro atoms. The summed E-state index contributed by atoms with van der Waals surface area (Å²) in [6.07, 6.45) is -1.79. The lowest BCUT2D eigenvalue weighted by Gasteiger charge is -2.19. The van der Waals surface area contributed by atoms with E-state index in [0.717, 1.165) is 31.0 Å². The highest BCUT2D eigenvalue weighted by Gasteiger charge is 2.34. The molecule has 45 heavy (non-hydrogen) atoms. The number of halogens is 6. The number of hydrogen-bond donors (Lipinski definition) is 0. The van der Waals surface area contributed by atoms with Gasteiger partial charge >= 0.3 is 6.11 Å². The zero-order chi connectivity index (χ0) is 32.1. The molecule has 0 amide bonds. The number of hydrogen-bond acceptors (Lipinski definition) is 3. The summed E-state index contributed by atoms with van der Waals surface area (Å²) in [4.78, 5) is 0. The van der Waals surface area contributed by atoms with Gasteiger partial charge in [0, 0.05) is 11.1 Å². The van der Waals surface area contributed by atoms with E-state index in [-0.39, 0.29) is 33.6 Å². The Morgan fingerprint density at radius 2 is 1.13 bits per heavy atom. The first kappa shape index (κ1) is 31.2. The number of nitrogens with zero attached hydrogens (tertiary/aromatic N) is 1. The largest absolute Gasteiger partial charge is 0.494 e. The first-order valence-corrected chi connectivity index (χ1v) is 14.0. The molecule has 5 aromatic rings. The molecule has 3 nitrogen and oxygen atoms in total. The zero-order valence-electron chi connectivity index (χ0n) is 23.9. The van der Waals surface area contributed by atoms with Crippen molar-refractivity contribution in [2.75, 3.05) is 6.61 Å². The molecule has 0 saturated heterocycles. The van der Waals surface area contributed by atoms with Gasteiger partial charge in [-0.3, -0.25) is 0 Å². The van der Waals surface area contributed by atoms with Crippen LogP contribution in [0.2, 0.25) is 0 Å². The molecule has 0 heterocycles. The highest BCUT2D eigenvalue weighted by Crippen LogP contribution is 2.35. The van der Waals surface area contributed by atoms with Crippen LogP contribution < -0.4 is 9.47 Å². The molecular formula is C36H25F6NO2. The quantitative estimate of drug-likeness (QED) is 0.116. The molecule has 5 aromatic carbocycles. The lowest BCUT2D eigenvalue weighted by Crippen LogP contribution is -2.21. The maximum Gasteiger partial charge on any atom is 0.426 e. The summed E-state index contributed by atoms with van der Waals surface area (Å²) in [6, 6.07) is 22.2. The average Bonchev–Trinajstić information content (AvgIpc) is 3.01. The molecule has 0 N–H and O–H groups in total. The summed E-state index contributed by atoms with van der Waals surface area (Å²) in [6.45, 7) is 2.52. The summed E-state index contributed by atoms with van der Waals surface area (Å²) in [5.74, 6) is -3.37. The van der Waals surface area contributed by atoms with Crippen molar-refractivity contribution in [2.45, 2.75) is 25.9 Å². The van der Waals surface area contributed by atoms with Crippen molar-refractivity contribution in [3.05, 3.63) is 131 Å². The molecule has 0 aliphatic carbocycles. The molecule has 9 heteroatoms. The summed E-state index contributed by atoms with van der Waals surface area (Å²) >= 11 is 0. The Labute approximate surface area is 255 Å². The lowest BCUT2D eigenvalue weighted by molar-refractivity contribution is -0.185. The monoisotopic (exact) mass is 617 g/mol.